The van der Waals surface area contributed by atoms with Gasteiger partial charge in [-0.25, -0.2) is 25.4 Å². The fourth-order valence-electron chi connectivity index (χ4n) is 0. The highest BCUT2D eigenvalue weighted by Crippen LogP contribution is 1.49. The molecule has 0 amide bonds. The average Bonchev–Trinajstić information content (AvgIpc) is 1.36. The Morgan fingerprint density at radius 2 is 1.43 bits per heavy atom. The first kappa shape index (κ1) is 10.2. The van der Waals surface area contributed by atoms with E-state index in [4.69, 9.17) is 17.6 Å². The van der Waals surface area contributed by atoms with E-state index in [1.165, 1.54) is 0 Å². The van der Waals surface area contributed by atoms with Crippen molar-refractivity contribution in [3.05, 3.63) is 0 Å². The zero-order valence-corrected chi connectivity index (χ0v) is 4.57. The summed E-state index contributed by atoms with van der Waals surface area (Å²) in [7, 11) is -4.42. The summed E-state index contributed by atoms with van der Waals surface area (Å²) in [5, 5.41) is 3.77. The van der Waals surface area contributed by atoms with Crippen molar-refractivity contribution in [2.45, 2.75) is 0 Å². The Labute approximate surface area is 45.8 Å². The van der Waals surface area contributed by atoms with E-state index in [2.05, 4.69) is 17.0 Å². The minimum absolute atomic E-state index is 3.39. The van der Waals surface area contributed by atoms with Crippen molar-refractivity contribution in [1.29, 1.82) is 0 Å². The van der Waals surface area contributed by atoms with Gasteiger partial charge >= 0.3 is 0 Å². The number of halogens is 1. The summed E-state index contributed by atoms with van der Waals surface area (Å²) in [6.45, 7) is 0. The molecule has 0 radical (unpaired) electrons. The fraction of sp³-hybridized carbons (Fsp3) is 0. The van der Waals surface area contributed by atoms with Gasteiger partial charge in [-0.1, -0.05) is 0 Å². The van der Waals surface area contributed by atoms with Gasteiger partial charge in [0, 0.05) is 0 Å². The monoisotopic (exact) mass is 147 g/mol. The normalized spacial score (nSPS) is 9.14. The SMILES string of the molecule is NS(=O)(=O)[O-].[O-]Cl. The summed E-state index contributed by atoms with van der Waals surface area (Å²) < 4.78 is 34.3. The second-order valence-electron chi connectivity index (χ2n) is 0.493. The molecule has 0 rings (SSSR count). The number of hydrogen-bond acceptors (Lipinski definition) is 4. The van der Waals surface area contributed by atoms with Crippen LogP contribution in [-0.4, -0.2) is 13.0 Å². The van der Waals surface area contributed by atoms with Crippen molar-refractivity contribution in [1.82, 2.24) is 0 Å². The third kappa shape index (κ3) is 7210. The third-order valence-electron chi connectivity index (χ3n) is 0. The second kappa shape index (κ2) is 4.28. The molecule has 7 heteroatoms. The van der Waals surface area contributed by atoms with Crippen molar-refractivity contribution >= 4 is 22.2 Å². The summed E-state index contributed by atoms with van der Waals surface area (Å²) >= 11 is 3.39. The Morgan fingerprint density at radius 1 is 1.43 bits per heavy atom. The first-order chi connectivity index (χ1) is 3.00. The van der Waals surface area contributed by atoms with E-state index >= 15 is 0 Å². The first-order valence-corrected chi connectivity index (χ1v) is 2.67. The lowest BCUT2D eigenvalue weighted by Crippen LogP contribution is -2.08. The molecule has 0 bridgehead atoms. The highest BCUT2D eigenvalue weighted by molar-refractivity contribution is 7.83. The molecule has 0 aromatic heterocycles. The van der Waals surface area contributed by atoms with E-state index in [1.54, 1.807) is 0 Å². The van der Waals surface area contributed by atoms with Gasteiger partial charge < -0.3 is 9.21 Å². The molecule has 5 nitrogen and oxygen atoms in total. The Hall–Kier alpha value is 0.120. The van der Waals surface area contributed by atoms with Crippen LogP contribution in [0, 0.1) is 0 Å². The van der Waals surface area contributed by atoms with E-state index < -0.39 is 10.3 Å². The molecule has 0 aliphatic rings. The summed E-state index contributed by atoms with van der Waals surface area (Å²) in [6.07, 6.45) is 0. The van der Waals surface area contributed by atoms with Gasteiger partial charge in [-0.3, -0.25) is 0 Å². The minimum Gasteiger partial charge on any atom is -0.769 e. The topological polar surface area (TPSA) is 106 Å². The molecule has 0 saturated heterocycles. The molecule has 0 aliphatic carbocycles. The van der Waals surface area contributed by atoms with Crippen LogP contribution in [0.1, 0.15) is 0 Å². The molecule has 0 fully saturated rings. The van der Waals surface area contributed by atoms with Gasteiger partial charge in [0.05, 0.1) is 0 Å². The van der Waals surface area contributed by atoms with Crippen molar-refractivity contribution in [2.75, 3.05) is 0 Å². The molecule has 46 valence electrons. The molecule has 7 heavy (non-hydrogen) atoms. The van der Waals surface area contributed by atoms with Crippen LogP contribution in [-0.2, 0) is 10.3 Å². The number of nitrogens with two attached hydrogens (primary N) is 1. The summed E-state index contributed by atoms with van der Waals surface area (Å²) in [6, 6.07) is 0. The Balaban J connectivity index is 0. The molecule has 0 aliphatic heterocycles. The van der Waals surface area contributed by atoms with Gasteiger partial charge in [0.2, 0.25) is 0 Å². The van der Waals surface area contributed by atoms with Crippen LogP contribution < -0.4 is 9.80 Å². The fourth-order valence-corrected chi connectivity index (χ4v) is 0. The van der Waals surface area contributed by atoms with Crippen molar-refractivity contribution < 1.29 is 17.6 Å². The van der Waals surface area contributed by atoms with Crippen LogP contribution in [0.25, 0.3) is 0 Å². The lowest BCUT2D eigenvalue weighted by molar-refractivity contribution is -0.166. The highest BCUT2D eigenvalue weighted by Gasteiger charge is 1.64. The van der Waals surface area contributed by atoms with Crippen molar-refractivity contribution in [3.63, 3.8) is 0 Å². The lowest BCUT2D eigenvalue weighted by atomic mass is 13.9. The van der Waals surface area contributed by atoms with Crippen LogP contribution in [0.2, 0.25) is 0 Å². The maximum Gasteiger partial charge on any atom is 0.156 e. The summed E-state index contributed by atoms with van der Waals surface area (Å²) in [4.78, 5) is 0. The van der Waals surface area contributed by atoms with Gasteiger partial charge in [0.15, 0.2) is 10.3 Å². The molecule has 0 unspecified atom stereocenters. The summed E-state index contributed by atoms with van der Waals surface area (Å²) in [5.74, 6) is 0. The molecule has 0 spiro atoms. The highest BCUT2D eigenvalue weighted by atomic mass is 35.5. The van der Waals surface area contributed by atoms with Gasteiger partial charge in [0.1, 0.15) is 0 Å². The molecule has 2 N–H and O–H groups in total. The van der Waals surface area contributed by atoms with Crippen LogP contribution >= 0.6 is 11.9 Å². The molecule has 0 saturated carbocycles. The molecule has 0 heterocycles. The Morgan fingerprint density at radius 3 is 1.43 bits per heavy atom. The quantitative estimate of drug-likeness (QED) is 0.396. The van der Waals surface area contributed by atoms with Crippen molar-refractivity contribution in [3.8, 4) is 0 Å². The predicted octanol–water partition coefficient (Wildman–Crippen LogP) is -2.09. The maximum atomic E-state index is 8.85. The zero-order chi connectivity index (χ0) is 6.50. The van der Waals surface area contributed by atoms with Gasteiger partial charge in [-0.15, -0.1) is 0 Å². The minimum atomic E-state index is -4.42. The smallest absolute Gasteiger partial charge is 0.156 e. The largest absolute Gasteiger partial charge is 0.769 e. The maximum absolute atomic E-state index is 8.85. The first-order valence-electron chi connectivity index (χ1n) is 0.890. The number of rotatable bonds is 0. The zero-order valence-electron chi connectivity index (χ0n) is 3.00. The van der Waals surface area contributed by atoms with Gasteiger partial charge in [0.25, 0.3) is 0 Å². The standard InChI is InChI=1S/ClO.H3NO3S/c1-2;1-5(2,3)4/h;(H3,1,2,3,4)/q-1;/p-1. The average molecular weight is 148 g/mol. The van der Waals surface area contributed by atoms with E-state index in [0.717, 1.165) is 0 Å². The van der Waals surface area contributed by atoms with E-state index in [9.17, 15) is 0 Å². The summed E-state index contributed by atoms with van der Waals surface area (Å²) in [5.41, 5.74) is 0. The van der Waals surface area contributed by atoms with Crippen LogP contribution in [0.4, 0.5) is 0 Å². The molecule has 0 atom stereocenters. The van der Waals surface area contributed by atoms with Gasteiger partial charge in [-0.2, -0.15) is 0 Å². The third-order valence-corrected chi connectivity index (χ3v) is 0. The lowest BCUT2D eigenvalue weighted by Gasteiger charge is -1.90. The molecular weight excluding hydrogens is 146 g/mol. The van der Waals surface area contributed by atoms with E-state index in [0.29, 0.717) is 0 Å². The number of hydrogen-bond donors (Lipinski definition) is 1. The van der Waals surface area contributed by atoms with E-state index in [1.807, 2.05) is 0 Å². The van der Waals surface area contributed by atoms with Crippen LogP contribution in [0.5, 0.6) is 0 Å². The van der Waals surface area contributed by atoms with E-state index in [-0.39, 0.29) is 0 Å². The Bertz CT molecular complexity index is 94.9. The Kier molecular flexibility index (Phi) is 6.22. The van der Waals surface area contributed by atoms with Gasteiger partial charge in [-0.05, 0) is 0 Å². The second-order valence-corrected chi connectivity index (χ2v) is 1.48. The van der Waals surface area contributed by atoms with Crippen LogP contribution in [0.15, 0.2) is 0 Å². The predicted molar refractivity (Wildman–Crippen MR) is 19.7 cm³/mol. The molecule has 0 aromatic carbocycles. The van der Waals surface area contributed by atoms with Crippen LogP contribution in [0.3, 0.4) is 0 Å². The van der Waals surface area contributed by atoms with Crippen molar-refractivity contribution in [2.24, 2.45) is 5.14 Å². The molecule has 0 aromatic rings. The molecular formula is H2ClNO4S-2.